The van der Waals surface area contributed by atoms with Crippen molar-refractivity contribution in [3.63, 3.8) is 0 Å². The number of benzene rings is 1. The number of fused-ring (bicyclic) bond motifs is 1. The van der Waals surface area contributed by atoms with Crippen molar-refractivity contribution in [1.29, 1.82) is 0 Å². The lowest BCUT2D eigenvalue weighted by Gasteiger charge is -2.30. The van der Waals surface area contributed by atoms with Gasteiger partial charge in [-0.15, -0.1) is 0 Å². The lowest BCUT2D eigenvalue weighted by Crippen LogP contribution is -2.30. The van der Waals surface area contributed by atoms with Crippen molar-refractivity contribution in [2.24, 2.45) is 5.73 Å². The number of rotatable bonds is 6. The molecule has 1 heterocycles. The van der Waals surface area contributed by atoms with E-state index in [0.29, 0.717) is 12.1 Å². The topological polar surface area (TPSA) is 72.5 Å². The second kappa shape index (κ2) is 16.6. The van der Waals surface area contributed by atoms with Crippen molar-refractivity contribution in [1.82, 2.24) is 14.8 Å². The first kappa shape index (κ1) is 28.9. The van der Waals surface area contributed by atoms with Crippen molar-refractivity contribution in [3.8, 4) is 5.75 Å². The molecule has 0 radical (unpaired) electrons. The molecule has 0 atom stereocenters. The van der Waals surface area contributed by atoms with Gasteiger partial charge in [-0.3, -0.25) is 4.79 Å². The number of amides is 1. The number of nitrogens with one attached hydrogen (secondary N) is 1. The molecule has 0 aliphatic heterocycles. The molecule has 1 fully saturated rings. The van der Waals surface area contributed by atoms with Gasteiger partial charge in [-0.1, -0.05) is 27.7 Å². The third-order valence-electron chi connectivity index (χ3n) is 5.45. The van der Waals surface area contributed by atoms with Gasteiger partial charge in [0.25, 0.3) is 0 Å². The highest BCUT2D eigenvalue weighted by atomic mass is 16.5. The molecule has 31 heavy (non-hydrogen) atoms. The Labute approximate surface area is 190 Å². The van der Waals surface area contributed by atoms with Gasteiger partial charge in [0.05, 0.1) is 12.6 Å². The van der Waals surface area contributed by atoms with E-state index in [-0.39, 0.29) is 6.41 Å². The highest BCUT2D eigenvalue weighted by Gasteiger charge is 2.23. The predicted octanol–water partition coefficient (Wildman–Crippen LogP) is 4.61. The van der Waals surface area contributed by atoms with Crippen molar-refractivity contribution in [2.75, 3.05) is 34.8 Å². The van der Waals surface area contributed by atoms with Crippen LogP contribution in [-0.4, -0.2) is 56.7 Å². The van der Waals surface area contributed by atoms with Crippen LogP contribution in [0.4, 0.5) is 0 Å². The Hall–Kier alpha value is -2.05. The van der Waals surface area contributed by atoms with E-state index in [0.717, 1.165) is 18.7 Å². The number of ether oxygens (including phenoxy) is 1. The van der Waals surface area contributed by atoms with Gasteiger partial charge in [0.15, 0.2) is 0 Å². The first-order chi connectivity index (χ1) is 15.0. The second-order valence-corrected chi connectivity index (χ2v) is 7.43. The molecule has 1 aliphatic carbocycles. The zero-order chi connectivity index (χ0) is 23.8. The summed E-state index contributed by atoms with van der Waals surface area (Å²) >= 11 is 0. The minimum atomic E-state index is 0.250. The lowest BCUT2D eigenvalue weighted by molar-refractivity contribution is -0.106. The van der Waals surface area contributed by atoms with Gasteiger partial charge in [0, 0.05) is 36.3 Å². The molecule has 178 valence electrons. The molecule has 3 rings (SSSR count). The van der Waals surface area contributed by atoms with Crippen molar-refractivity contribution in [3.05, 3.63) is 30.0 Å². The van der Waals surface area contributed by atoms with Gasteiger partial charge in [0.1, 0.15) is 5.75 Å². The first-order valence-corrected chi connectivity index (χ1v) is 11.7. The van der Waals surface area contributed by atoms with Gasteiger partial charge in [-0.25, -0.2) is 0 Å². The van der Waals surface area contributed by atoms with E-state index in [9.17, 15) is 0 Å². The third kappa shape index (κ3) is 8.91. The maximum atomic E-state index is 8.58. The molecule has 0 saturated heterocycles. The first-order valence-electron chi connectivity index (χ1n) is 11.7. The second-order valence-electron chi connectivity index (χ2n) is 7.43. The number of primary amides is 1. The number of likely N-dealkylation sites (N-methyl/N-ethyl adjacent to an activating group) is 1. The van der Waals surface area contributed by atoms with E-state index in [4.69, 9.17) is 9.53 Å². The van der Waals surface area contributed by atoms with E-state index in [1.54, 1.807) is 7.11 Å². The van der Waals surface area contributed by atoms with Crippen LogP contribution >= 0.6 is 0 Å². The molecule has 1 amide bonds. The Bertz CT molecular complexity index is 720. The standard InChI is InChI=1S/C20H31N3O.2C2H6.CH3NO/c1-21-16-5-7-17(8-6-16)23-14-15(11-12-22(2)3)19-10-9-18(24-4)13-20(19)23;2*1-2;2-1-3/h9-10,13-14,16-17,21H,5-8,11-12H2,1-4H3;2*1-2H3;1H,(H2,2,3). The number of carbonyl (C=O) groups is 1. The Balaban J connectivity index is 0.00000116. The van der Waals surface area contributed by atoms with Crippen LogP contribution in [0, 0.1) is 0 Å². The summed E-state index contributed by atoms with van der Waals surface area (Å²) in [6.07, 6.45) is 8.77. The average molecular weight is 435 g/mol. The fourth-order valence-electron chi connectivity index (χ4n) is 3.92. The molecule has 2 aromatic rings. The average Bonchev–Trinajstić information content (AvgIpc) is 3.18. The predicted molar refractivity (Wildman–Crippen MR) is 134 cm³/mol. The van der Waals surface area contributed by atoms with Gasteiger partial charge >= 0.3 is 0 Å². The van der Waals surface area contributed by atoms with Gasteiger partial charge in [-0.05, 0) is 70.9 Å². The number of aromatic nitrogens is 1. The Morgan fingerprint density at radius 3 is 2.23 bits per heavy atom. The van der Waals surface area contributed by atoms with E-state index in [1.807, 2.05) is 27.7 Å². The van der Waals surface area contributed by atoms with Crippen LogP contribution in [0.25, 0.3) is 10.9 Å². The molecule has 6 heteroatoms. The minimum absolute atomic E-state index is 0.250. The highest BCUT2D eigenvalue weighted by Crippen LogP contribution is 2.35. The van der Waals surface area contributed by atoms with Crippen molar-refractivity contribution >= 4 is 17.3 Å². The summed E-state index contributed by atoms with van der Waals surface area (Å²) in [7, 11) is 8.11. The molecule has 3 N–H and O–H groups in total. The van der Waals surface area contributed by atoms with Crippen LogP contribution in [-0.2, 0) is 11.2 Å². The summed E-state index contributed by atoms with van der Waals surface area (Å²) in [6.45, 7) is 9.08. The molecule has 0 spiro atoms. The Morgan fingerprint density at radius 1 is 1.16 bits per heavy atom. The highest BCUT2D eigenvalue weighted by molar-refractivity contribution is 5.85. The number of methoxy groups -OCH3 is 1. The summed E-state index contributed by atoms with van der Waals surface area (Å²) in [6, 6.07) is 7.82. The molecule has 1 aromatic heterocycles. The number of nitrogens with two attached hydrogens (primary N) is 1. The van der Waals surface area contributed by atoms with Gasteiger partial charge < -0.3 is 25.3 Å². The maximum absolute atomic E-state index is 8.58. The zero-order valence-electron chi connectivity index (χ0n) is 21.1. The normalized spacial score (nSPS) is 17.5. The fourth-order valence-corrected chi connectivity index (χ4v) is 3.92. The molecule has 1 aliphatic rings. The third-order valence-corrected chi connectivity index (χ3v) is 5.45. The molecular formula is C25H46N4O2. The Kier molecular flexibility index (Phi) is 15.5. The number of carbonyl (C=O) groups excluding carboxylic acids is 1. The molecule has 0 unspecified atom stereocenters. The summed E-state index contributed by atoms with van der Waals surface area (Å²) in [5.74, 6) is 0.949. The summed E-state index contributed by atoms with van der Waals surface area (Å²) in [4.78, 5) is 10.8. The van der Waals surface area contributed by atoms with Crippen LogP contribution < -0.4 is 15.8 Å². The van der Waals surface area contributed by atoms with Crippen LogP contribution in [0.2, 0.25) is 0 Å². The van der Waals surface area contributed by atoms with Crippen LogP contribution in [0.1, 0.15) is 65.0 Å². The van der Waals surface area contributed by atoms with Crippen LogP contribution in [0.5, 0.6) is 5.75 Å². The summed E-state index contributed by atoms with van der Waals surface area (Å²) in [5, 5.41) is 4.82. The van der Waals surface area contributed by atoms with Crippen LogP contribution in [0.3, 0.4) is 0 Å². The largest absolute Gasteiger partial charge is 0.497 e. The van der Waals surface area contributed by atoms with Crippen molar-refractivity contribution < 1.29 is 9.53 Å². The summed E-state index contributed by atoms with van der Waals surface area (Å²) < 4.78 is 8.00. The zero-order valence-corrected chi connectivity index (χ0v) is 21.1. The maximum Gasteiger partial charge on any atom is 0.204 e. The van der Waals surface area contributed by atoms with Gasteiger partial charge in [-0.2, -0.15) is 0 Å². The van der Waals surface area contributed by atoms with E-state index in [1.165, 1.54) is 42.1 Å². The smallest absolute Gasteiger partial charge is 0.204 e. The molecule has 0 bridgehead atoms. The molecular weight excluding hydrogens is 388 g/mol. The molecule has 6 nitrogen and oxygen atoms in total. The van der Waals surface area contributed by atoms with E-state index < -0.39 is 0 Å². The lowest BCUT2D eigenvalue weighted by atomic mass is 9.91. The Morgan fingerprint density at radius 2 is 1.74 bits per heavy atom. The SMILES string of the molecule is CC.CC.CNC1CCC(n2cc(CCN(C)C)c3ccc(OC)cc32)CC1.NC=O. The van der Waals surface area contributed by atoms with Crippen LogP contribution in [0.15, 0.2) is 24.4 Å². The minimum Gasteiger partial charge on any atom is -0.497 e. The van der Waals surface area contributed by atoms with Crippen molar-refractivity contribution in [2.45, 2.75) is 71.9 Å². The van der Waals surface area contributed by atoms with E-state index >= 15 is 0 Å². The fraction of sp³-hybridized carbons (Fsp3) is 0.640. The quantitative estimate of drug-likeness (QED) is 0.651. The number of nitrogens with zero attached hydrogens (tertiary/aromatic N) is 2. The summed E-state index contributed by atoms with van der Waals surface area (Å²) in [5.41, 5.74) is 6.95. The van der Waals surface area contributed by atoms with E-state index in [2.05, 4.69) is 66.1 Å². The molecule has 1 aromatic carbocycles. The monoisotopic (exact) mass is 434 g/mol. The number of hydrogen-bond donors (Lipinski definition) is 2. The van der Waals surface area contributed by atoms with Gasteiger partial charge in [0.2, 0.25) is 6.41 Å². The molecule has 1 saturated carbocycles. The number of hydrogen-bond acceptors (Lipinski definition) is 4.